The van der Waals surface area contributed by atoms with E-state index in [-0.39, 0.29) is 34.4 Å². The van der Waals surface area contributed by atoms with Crippen molar-refractivity contribution in [3.05, 3.63) is 63.8 Å². The van der Waals surface area contributed by atoms with Gasteiger partial charge in [-0.3, -0.25) is 9.59 Å². The van der Waals surface area contributed by atoms with E-state index >= 15 is 0 Å². The van der Waals surface area contributed by atoms with Gasteiger partial charge in [0.1, 0.15) is 18.8 Å². The number of carboxylic acids is 2. The average molecular weight is 461 g/mol. The fourth-order valence-corrected chi connectivity index (χ4v) is 3.20. The summed E-state index contributed by atoms with van der Waals surface area (Å²) in [6.07, 6.45) is 1.33. The number of hydrogen-bond donors (Lipinski definition) is 3. The smallest absolute Gasteiger partial charge is 0.335 e. The molecule has 0 unspecified atom stereocenters. The number of urea groups is 1. The first-order chi connectivity index (χ1) is 15.2. The van der Waals surface area contributed by atoms with Crippen molar-refractivity contribution in [3.8, 4) is 11.5 Å². The van der Waals surface area contributed by atoms with Crippen LogP contribution in [0.25, 0.3) is 6.08 Å². The molecular weight excluding hydrogens is 444 g/mol. The van der Waals surface area contributed by atoms with E-state index in [4.69, 9.17) is 31.3 Å². The number of methoxy groups -OCH3 is 1. The van der Waals surface area contributed by atoms with Crippen LogP contribution in [0.1, 0.15) is 21.5 Å². The molecule has 0 aromatic heterocycles. The van der Waals surface area contributed by atoms with Crippen LogP contribution in [0.4, 0.5) is 4.79 Å². The number of benzene rings is 2. The fourth-order valence-electron chi connectivity index (χ4n) is 2.93. The van der Waals surface area contributed by atoms with Crippen LogP contribution in [-0.2, 0) is 16.2 Å². The Hall–Kier alpha value is -4.05. The lowest BCUT2D eigenvalue weighted by molar-refractivity contribution is -0.140. The lowest BCUT2D eigenvalue weighted by Gasteiger charge is -2.14. The first kappa shape index (κ1) is 22.6. The summed E-state index contributed by atoms with van der Waals surface area (Å²) >= 11 is 6.32. The normalized spacial score (nSPS) is 14.4. The number of nitrogens with zero attached hydrogens (tertiary/aromatic N) is 1. The third-order valence-electron chi connectivity index (χ3n) is 4.38. The number of imide groups is 1. The number of aromatic carboxylic acids is 1. The number of halogens is 1. The second-order valence-corrected chi connectivity index (χ2v) is 7.01. The van der Waals surface area contributed by atoms with Crippen molar-refractivity contribution >= 4 is 41.6 Å². The van der Waals surface area contributed by atoms with Crippen LogP contribution in [-0.4, -0.2) is 52.6 Å². The van der Waals surface area contributed by atoms with Crippen LogP contribution in [0.5, 0.6) is 11.5 Å². The molecule has 166 valence electrons. The zero-order chi connectivity index (χ0) is 23.4. The van der Waals surface area contributed by atoms with Crippen molar-refractivity contribution < 1.29 is 38.9 Å². The predicted molar refractivity (Wildman–Crippen MR) is 112 cm³/mol. The summed E-state index contributed by atoms with van der Waals surface area (Å²) in [5.74, 6) is -2.74. The van der Waals surface area contributed by atoms with Crippen molar-refractivity contribution in [2.75, 3.05) is 13.7 Å². The molecular formula is C21H17ClN2O8. The molecule has 2 aromatic carbocycles. The minimum Gasteiger partial charge on any atom is -0.493 e. The number of carbonyl (C=O) groups excluding carboxylic acids is 2. The highest BCUT2D eigenvalue weighted by Crippen LogP contribution is 2.37. The molecule has 1 saturated heterocycles. The third-order valence-corrected chi connectivity index (χ3v) is 4.66. The Morgan fingerprint density at radius 1 is 1.19 bits per heavy atom. The van der Waals surface area contributed by atoms with Crippen LogP contribution in [0.15, 0.2) is 42.1 Å². The van der Waals surface area contributed by atoms with Gasteiger partial charge in [0.15, 0.2) is 11.5 Å². The van der Waals surface area contributed by atoms with Crippen molar-refractivity contribution in [1.29, 1.82) is 0 Å². The van der Waals surface area contributed by atoms with Gasteiger partial charge in [-0.25, -0.2) is 14.5 Å². The number of hydrogen-bond acceptors (Lipinski definition) is 6. The average Bonchev–Trinajstić information content (AvgIpc) is 2.99. The highest BCUT2D eigenvalue weighted by atomic mass is 35.5. The summed E-state index contributed by atoms with van der Waals surface area (Å²) in [6, 6.07) is 8.37. The number of amides is 3. The number of aliphatic carboxylic acids is 1. The van der Waals surface area contributed by atoms with Gasteiger partial charge in [-0.15, -0.1) is 0 Å². The van der Waals surface area contributed by atoms with Gasteiger partial charge in [0.25, 0.3) is 5.91 Å². The van der Waals surface area contributed by atoms with Crippen LogP contribution in [0.3, 0.4) is 0 Å². The third kappa shape index (κ3) is 4.98. The molecule has 3 rings (SSSR count). The Kier molecular flexibility index (Phi) is 6.64. The molecule has 11 heteroatoms. The molecule has 0 radical (unpaired) electrons. The minimum absolute atomic E-state index is 0.0241. The number of carbonyl (C=O) groups is 4. The van der Waals surface area contributed by atoms with Gasteiger partial charge in [-0.1, -0.05) is 23.7 Å². The van der Waals surface area contributed by atoms with Gasteiger partial charge >= 0.3 is 18.0 Å². The molecule has 0 atom stereocenters. The maximum absolute atomic E-state index is 12.3. The molecule has 0 bridgehead atoms. The Balaban J connectivity index is 1.82. The monoisotopic (exact) mass is 460 g/mol. The molecule has 1 heterocycles. The Morgan fingerprint density at radius 3 is 2.59 bits per heavy atom. The van der Waals surface area contributed by atoms with Gasteiger partial charge in [0.2, 0.25) is 0 Å². The van der Waals surface area contributed by atoms with E-state index in [0.717, 1.165) is 0 Å². The Morgan fingerprint density at radius 2 is 1.94 bits per heavy atom. The SMILES string of the molecule is COc1cc(/C=C2/NC(=O)N(CC(=O)O)C2=O)cc(Cl)c1OCc1cccc(C(=O)O)c1. The molecule has 0 saturated carbocycles. The largest absolute Gasteiger partial charge is 0.493 e. The summed E-state index contributed by atoms with van der Waals surface area (Å²) in [6.45, 7) is -0.738. The van der Waals surface area contributed by atoms with Crippen LogP contribution >= 0.6 is 11.6 Å². The van der Waals surface area contributed by atoms with E-state index in [1.54, 1.807) is 12.1 Å². The second kappa shape index (κ2) is 9.40. The van der Waals surface area contributed by atoms with Crippen LogP contribution < -0.4 is 14.8 Å². The summed E-state index contributed by atoms with van der Waals surface area (Å²) in [5.41, 5.74) is 1.000. The molecule has 1 aliphatic rings. The Bertz CT molecular complexity index is 1140. The maximum Gasteiger partial charge on any atom is 0.335 e. The second-order valence-electron chi connectivity index (χ2n) is 6.60. The van der Waals surface area contributed by atoms with E-state index < -0.39 is 30.4 Å². The molecule has 0 aliphatic carbocycles. The molecule has 2 aromatic rings. The highest BCUT2D eigenvalue weighted by Gasteiger charge is 2.34. The lowest BCUT2D eigenvalue weighted by Crippen LogP contribution is -2.35. The van der Waals surface area contributed by atoms with Gasteiger partial charge in [0.05, 0.1) is 17.7 Å². The fraction of sp³-hybridized carbons (Fsp3) is 0.143. The Labute approximate surface area is 186 Å². The standard InChI is InChI=1S/C21H17ClN2O8/c1-31-16-8-12(7-15-19(27)24(9-17(25)26)21(30)23-15)6-14(22)18(16)32-10-11-3-2-4-13(5-11)20(28)29/h2-8H,9-10H2,1H3,(H,23,30)(H,25,26)(H,28,29)/b15-7+. The first-order valence-corrected chi connectivity index (χ1v) is 9.46. The summed E-state index contributed by atoms with van der Waals surface area (Å²) in [7, 11) is 1.39. The van der Waals surface area contributed by atoms with Crippen molar-refractivity contribution in [3.63, 3.8) is 0 Å². The van der Waals surface area contributed by atoms with Crippen molar-refractivity contribution in [2.24, 2.45) is 0 Å². The van der Waals surface area contributed by atoms with Gasteiger partial charge in [0, 0.05) is 0 Å². The molecule has 3 N–H and O–H groups in total. The van der Waals surface area contributed by atoms with E-state index in [2.05, 4.69) is 5.32 Å². The van der Waals surface area contributed by atoms with Crippen molar-refractivity contribution in [1.82, 2.24) is 10.2 Å². The summed E-state index contributed by atoms with van der Waals surface area (Å²) in [5, 5.41) is 20.4. The quantitative estimate of drug-likeness (QED) is 0.403. The van der Waals surface area contributed by atoms with E-state index in [9.17, 15) is 19.2 Å². The zero-order valence-corrected chi connectivity index (χ0v) is 17.4. The molecule has 1 fully saturated rings. The first-order valence-electron chi connectivity index (χ1n) is 9.08. The van der Waals surface area contributed by atoms with Crippen molar-refractivity contribution in [2.45, 2.75) is 6.61 Å². The van der Waals surface area contributed by atoms with E-state index in [1.807, 2.05) is 0 Å². The number of nitrogens with one attached hydrogen (secondary N) is 1. The predicted octanol–water partition coefficient (Wildman–Crippen LogP) is 2.60. The number of carboxylic acid groups (broad SMARTS) is 2. The lowest BCUT2D eigenvalue weighted by atomic mass is 10.1. The van der Waals surface area contributed by atoms with Gasteiger partial charge in [-0.05, 0) is 41.5 Å². The molecule has 3 amide bonds. The summed E-state index contributed by atoms with van der Waals surface area (Å²) in [4.78, 5) is 46.6. The number of rotatable bonds is 8. The van der Waals surface area contributed by atoms with E-state index in [1.165, 1.54) is 37.5 Å². The summed E-state index contributed by atoms with van der Waals surface area (Å²) < 4.78 is 11.0. The molecule has 1 aliphatic heterocycles. The zero-order valence-electron chi connectivity index (χ0n) is 16.6. The molecule has 0 spiro atoms. The highest BCUT2D eigenvalue weighted by molar-refractivity contribution is 6.32. The van der Waals surface area contributed by atoms with Crippen LogP contribution in [0, 0.1) is 0 Å². The maximum atomic E-state index is 12.3. The molecule has 10 nitrogen and oxygen atoms in total. The topological polar surface area (TPSA) is 142 Å². The van der Waals surface area contributed by atoms with Crippen LogP contribution in [0.2, 0.25) is 5.02 Å². The van der Waals surface area contributed by atoms with Gasteiger partial charge in [-0.2, -0.15) is 0 Å². The van der Waals surface area contributed by atoms with E-state index in [0.29, 0.717) is 16.0 Å². The number of ether oxygens (including phenoxy) is 2. The minimum atomic E-state index is -1.32. The molecule has 32 heavy (non-hydrogen) atoms. The van der Waals surface area contributed by atoms with Gasteiger partial charge < -0.3 is 25.0 Å².